The van der Waals surface area contributed by atoms with Crippen molar-refractivity contribution in [2.75, 3.05) is 26.2 Å². The Labute approximate surface area is 198 Å². The summed E-state index contributed by atoms with van der Waals surface area (Å²) in [6.45, 7) is 4.45. The van der Waals surface area contributed by atoms with Crippen molar-refractivity contribution >= 4 is 34.5 Å². The number of hydrogen-bond acceptors (Lipinski definition) is 6. The minimum atomic E-state index is -1.26. The van der Waals surface area contributed by atoms with E-state index >= 15 is 0 Å². The summed E-state index contributed by atoms with van der Waals surface area (Å²) in [5, 5.41) is 21.2. The zero-order valence-corrected chi connectivity index (χ0v) is 19.4. The lowest BCUT2D eigenvalue weighted by Gasteiger charge is -2.35. The predicted molar refractivity (Wildman–Crippen MR) is 125 cm³/mol. The fraction of sp³-hybridized carbons (Fsp3) is 0.542. The molecule has 4 rings (SSSR count). The van der Waals surface area contributed by atoms with Gasteiger partial charge in [0.05, 0.1) is 12.0 Å². The summed E-state index contributed by atoms with van der Waals surface area (Å²) < 4.78 is 11.3. The number of piperidine rings is 1. The second-order valence-corrected chi connectivity index (χ2v) is 9.13. The summed E-state index contributed by atoms with van der Waals surface area (Å²) >= 11 is 5.98. The Morgan fingerprint density at radius 2 is 1.73 bits per heavy atom. The maximum absolute atomic E-state index is 9.55. The van der Waals surface area contributed by atoms with Gasteiger partial charge in [-0.1, -0.05) is 30.9 Å². The number of carbonyl (C=O) groups is 2. The molecule has 2 heterocycles. The van der Waals surface area contributed by atoms with Crippen molar-refractivity contribution in [3.63, 3.8) is 0 Å². The molecule has 2 aliphatic rings. The molecule has 33 heavy (non-hydrogen) atoms. The number of benzene rings is 1. The van der Waals surface area contributed by atoms with Crippen LogP contribution < -0.4 is 4.74 Å². The van der Waals surface area contributed by atoms with Crippen molar-refractivity contribution in [2.24, 2.45) is 11.8 Å². The number of hydrogen-bond donors (Lipinski definition) is 2. The number of carboxylic acids is 2. The number of fused-ring (bicyclic) bond motifs is 1. The molecule has 2 aromatic rings. The van der Waals surface area contributed by atoms with Gasteiger partial charge in [-0.2, -0.15) is 0 Å². The summed E-state index contributed by atoms with van der Waals surface area (Å²) in [7, 11) is 0. The maximum Gasteiger partial charge on any atom is 0.328 e. The summed E-state index contributed by atoms with van der Waals surface area (Å²) in [4.78, 5) is 21.8. The minimum Gasteiger partial charge on any atom is -0.478 e. The van der Waals surface area contributed by atoms with Gasteiger partial charge in [-0.25, -0.2) is 9.59 Å². The molecule has 9 heteroatoms. The molecule has 0 radical (unpaired) electrons. The molecule has 1 aromatic carbocycles. The fourth-order valence-electron chi connectivity index (χ4n) is 4.40. The molecule has 0 bridgehead atoms. The van der Waals surface area contributed by atoms with Crippen LogP contribution in [0.5, 0.6) is 5.88 Å². The van der Waals surface area contributed by atoms with E-state index in [1.807, 2.05) is 12.1 Å². The van der Waals surface area contributed by atoms with Crippen LogP contribution in [0.15, 0.2) is 34.9 Å². The number of rotatable bonds is 7. The highest BCUT2D eigenvalue weighted by Gasteiger charge is 2.23. The van der Waals surface area contributed by atoms with Crippen molar-refractivity contribution in [2.45, 2.75) is 44.9 Å². The molecular weight excluding hydrogens is 448 g/mol. The third kappa shape index (κ3) is 8.37. The molecule has 0 spiro atoms. The van der Waals surface area contributed by atoms with E-state index in [2.05, 4.69) is 10.1 Å². The average Bonchev–Trinajstić information content (AvgIpc) is 3.20. The van der Waals surface area contributed by atoms with Gasteiger partial charge in [0.1, 0.15) is 0 Å². The van der Waals surface area contributed by atoms with Crippen molar-refractivity contribution in [1.29, 1.82) is 0 Å². The molecule has 0 amide bonds. The van der Waals surface area contributed by atoms with Crippen molar-refractivity contribution in [1.82, 2.24) is 10.1 Å². The van der Waals surface area contributed by atoms with Crippen LogP contribution in [0.4, 0.5) is 0 Å². The Balaban J connectivity index is 0.000000331. The van der Waals surface area contributed by atoms with Crippen LogP contribution in [-0.4, -0.2) is 58.4 Å². The van der Waals surface area contributed by atoms with Crippen LogP contribution in [0.25, 0.3) is 11.0 Å². The van der Waals surface area contributed by atoms with Crippen LogP contribution in [0.2, 0.25) is 5.02 Å². The van der Waals surface area contributed by atoms with Crippen molar-refractivity contribution < 1.29 is 29.1 Å². The van der Waals surface area contributed by atoms with E-state index in [0.717, 1.165) is 17.9 Å². The normalized spacial score (nSPS) is 18.2. The average molecular weight is 479 g/mol. The number of nitrogens with zero attached hydrogens (tertiary/aromatic N) is 2. The molecule has 2 fully saturated rings. The minimum absolute atomic E-state index is 0.558. The zero-order chi connectivity index (χ0) is 23.6. The second-order valence-electron chi connectivity index (χ2n) is 8.70. The largest absolute Gasteiger partial charge is 0.478 e. The van der Waals surface area contributed by atoms with Gasteiger partial charge in [-0.05, 0) is 67.9 Å². The molecular formula is C24H31ClN2O6. The van der Waals surface area contributed by atoms with Gasteiger partial charge >= 0.3 is 11.9 Å². The highest BCUT2D eigenvalue weighted by atomic mass is 35.5. The topological polar surface area (TPSA) is 113 Å². The van der Waals surface area contributed by atoms with E-state index in [1.165, 1.54) is 64.6 Å². The molecule has 8 nitrogen and oxygen atoms in total. The Bertz CT molecular complexity index is 930. The first-order valence-corrected chi connectivity index (χ1v) is 11.8. The number of halogens is 1. The Morgan fingerprint density at radius 3 is 2.36 bits per heavy atom. The molecule has 1 aliphatic heterocycles. The Hall–Kier alpha value is -2.58. The molecule has 1 aliphatic carbocycles. The van der Waals surface area contributed by atoms with Crippen LogP contribution in [0, 0.1) is 11.8 Å². The van der Waals surface area contributed by atoms with Crippen LogP contribution in [0.3, 0.4) is 0 Å². The van der Waals surface area contributed by atoms with Gasteiger partial charge < -0.3 is 24.4 Å². The number of ether oxygens (including phenoxy) is 1. The molecule has 1 saturated heterocycles. The molecule has 0 atom stereocenters. The van der Waals surface area contributed by atoms with Crippen LogP contribution >= 0.6 is 11.6 Å². The van der Waals surface area contributed by atoms with Crippen LogP contribution in [-0.2, 0) is 9.59 Å². The van der Waals surface area contributed by atoms with Gasteiger partial charge in [-0.3, -0.25) is 0 Å². The standard InChI is InChI=1S/C20H27ClN2O2.C4H4O4/c21-17-6-7-18-19(12-17)25-22-20(18)24-14-16-8-10-23(11-9-16)13-15-4-2-1-3-5-15;5-3(6)1-2-4(7)8/h6-7,12,15-16H,1-5,8-11,13-14H2;1-2H,(H,5,6)(H,7,8). The van der Waals surface area contributed by atoms with Crippen molar-refractivity contribution in [3.05, 3.63) is 35.4 Å². The molecule has 2 N–H and O–H groups in total. The van der Waals surface area contributed by atoms with Crippen molar-refractivity contribution in [3.8, 4) is 5.88 Å². The number of carboxylic acid groups (broad SMARTS) is 2. The van der Waals surface area contributed by atoms with Gasteiger partial charge in [0.15, 0.2) is 5.58 Å². The summed E-state index contributed by atoms with van der Waals surface area (Å²) in [5.41, 5.74) is 0.685. The Morgan fingerprint density at radius 1 is 1.06 bits per heavy atom. The third-order valence-electron chi connectivity index (χ3n) is 6.17. The first-order valence-electron chi connectivity index (χ1n) is 11.4. The monoisotopic (exact) mass is 478 g/mol. The smallest absolute Gasteiger partial charge is 0.328 e. The second kappa shape index (κ2) is 12.6. The summed E-state index contributed by atoms with van der Waals surface area (Å²) in [5.74, 6) is -0.368. The zero-order valence-electron chi connectivity index (χ0n) is 18.6. The molecule has 1 saturated carbocycles. The van der Waals surface area contributed by atoms with E-state index in [1.54, 1.807) is 6.07 Å². The van der Waals surface area contributed by atoms with Gasteiger partial charge in [0.25, 0.3) is 5.88 Å². The maximum atomic E-state index is 9.55. The Kier molecular flexibility index (Phi) is 9.57. The van der Waals surface area contributed by atoms with Crippen LogP contribution in [0.1, 0.15) is 44.9 Å². The van der Waals surface area contributed by atoms with E-state index in [9.17, 15) is 9.59 Å². The molecule has 0 unspecified atom stereocenters. The SMILES string of the molecule is Clc1ccc2c(OCC3CCN(CC4CCCCC4)CC3)noc2c1.O=C(O)C=CC(=O)O. The fourth-order valence-corrected chi connectivity index (χ4v) is 4.56. The lowest BCUT2D eigenvalue weighted by atomic mass is 9.88. The highest BCUT2D eigenvalue weighted by Crippen LogP contribution is 2.29. The van der Waals surface area contributed by atoms with E-state index in [-0.39, 0.29) is 0 Å². The van der Waals surface area contributed by atoms with Gasteiger partial charge in [0.2, 0.25) is 0 Å². The quantitative estimate of drug-likeness (QED) is 0.542. The third-order valence-corrected chi connectivity index (χ3v) is 6.41. The lowest BCUT2D eigenvalue weighted by Crippen LogP contribution is -2.38. The van der Waals surface area contributed by atoms with E-state index in [0.29, 0.717) is 34.6 Å². The summed E-state index contributed by atoms with van der Waals surface area (Å²) in [6, 6.07) is 5.54. The molecule has 1 aromatic heterocycles. The number of likely N-dealkylation sites (tertiary alicyclic amines) is 1. The number of aromatic nitrogens is 1. The summed E-state index contributed by atoms with van der Waals surface area (Å²) in [6.07, 6.45) is 10.7. The first kappa shape index (κ1) is 25.1. The predicted octanol–water partition coefficient (Wildman–Crippen LogP) is 4.86. The number of aliphatic carboxylic acids is 2. The van der Waals surface area contributed by atoms with Gasteiger partial charge in [0, 0.05) is 29.8 Å². The highest BCUT2D eigenvalue weighted by molar-refractivity contribution is 6.31. The molecule has 180 valence electrons. The lowest BCUT2D eigenvalue weighted by molar-refractivity contribution is -0.134. The van der Waals surface area contributed by atoms with E-state index in [4.69, 9.17) is 31.1 Å². The van der Waals surface area contributed by atoms with E-state index < -0.39 is 11.9 Å². The van der Waals surface area contributed by atoms with Gasteiger partial charge in [-0.15, -0.1) is 0 Å². The first-order chi connectivity index (χ1) is 15.9.